The van der Waals surface area contributed by atoms with Crippen LogP contribution >= 0.6 is 11.3 Å². The van der Waals surface area contributed by atoms with Crippen molar-refractivity contribution in [2.24, 2.45) is 0 Å². The zero-order chi connectivity index (χ0) is 21.7. The van der Waals surface area contributed by atoms with E-state index < -0.39 is 17.6 Å². The summed E-state index contributed by atoms with van der Waals surface area (Å²) in [6.45, 7) is 2.66. The second-order valence-electron chi connectivity index (χ2n) is 6.92. The van der Waals surface area contributed by atoms with Gasteiger partial charge in [-0.05, 0) is 53.4 Å². The van der Waals surface area contributed by atoms with E-state index in [2.05, 4.69) is 10.8 Å². The summed E-state index contributed by atoms with van der Waals surface area (Å²) in [4.78, 5) is 25.8. The number of halogens is 1. The highest BCUT2D eigenvalue weighted by Gasteiger charge is 2.18. The third-order valence-corrected chi connectivity index (χ3v) is 5.73. The molecule has 3 aromatic rings. The standard InChI is InChI=1S/C23H22FNO4S/c1-15-3-8-21-19(11-15)17(14-30-21)13-25(22(27)12-20(26)23(28)29-2)10-9-16-4-6-18(24)7-5-16/h3-8,11-12,14,26H,9-10,13H2,1-2H3/b20-12-. The molecule has 0 saturated carbocycles. The summed E-state index contributed by atoms with van der Waals surface area (Å²) >= 11 is 1.60. The fourth-order valence-corrected chi connectivity index (χ4v) is 4.01. The average Bonchev–Trinajstić information content (AvgIpc) is 3.13. The van der Waals surface area contributed by atoms with Gasteiger partial charge in [-0.3, -0.25) is 4.79 Å². The van der Waals surface area contributed by atoms with Gasteiger partial charge in [-0.1, -0.05) is 29.8 Å². The lowest BCUT2D eigenvalue weighted by Gasteiger charge is -2.21. The number of carbonyl (C=O) groups excluding carboxylic acids is 2. The van der Waals surface area contributed by atoms with Crippen LogP contribution in [0.25, 0.3) is 10.1 Å². The molecule has 156 valence electrons. The van der Waals surface area contributed by atoms with Gasteiger partial charge < -0.3 is 14.7 Å². The molecule has 0 aliphatic heterocycles. The van der Waals surface area contributed by atoms with E-state index in [1.165, 1.54) is 12.1 Å². The minimum absolute atomic E-state index is 0.314. The summed E-state index contributed by atoms with van der Waals surface area (Å²) in [5.41, 5.74) is 2.98. The lowest BCUT2D eigenvalue weighted by atomic mass is 10.1. The van der Waals surface area contributed by atoms with Crippen molar-refractivity contribution in [3.05, 3.63) is 82.2 Å². The van der Waals surface area contributed by atoms with Crippen molar-refractivity contribution in [2.45, 2.75) is 19.9 Å². The summed E-state index contributed by atoms with van der Waals surface area (Å²) in [5, 5.41) is 12.9. The Bertz CT molecular complexity index is 1090. The molecule has 7 heteroatoms. The molecule has 0 bridgehead atoms. The van der Waals surface area contributed by atoms with E-state index >= 15 is 0 Å². The predicted molar refractivity (Wildman–Crippen MR) is 115 cm³/mol. The van der Waals surface area contributed by atoms with E-state index in [0.717, 1.165) is 40.0 Å². The SMILES string of the molecule is COC(=O)/C(O)=C/C(=O)N(CCc1ccc(F)cc1)Cc1csc2ccc(C)cc12. The van der Waals surface area contributed by atoms with Crippen molar-refractivity contribution < 1.29 is 23.8 Å². The number of aliphatic hydroxyl groups excluding tert-OH is 1. The molecule has 0 unspecified atom stereocenters. The maximum Gasteiger partial charge on any atom is 0.373 e. The molecule has 0 radical (unpaired) electrons. The molecular weight excluding hydrogens is 405 g/mol. The first-order chi connectivity index (χ1) is 14.4. The second-order valence-corrected chi connectivity index (χ2v) is 7.83. The van der Waals surface area contributed by atoms with Gasteiger partial charge in [0.05, 0.1) is 13.2 Å². The highest BCUT2D eigenvalue weighted by Crippen LogP contribution is 2.28. The van der Waals surface area contributed by atoms with Crippen molar-refractivity contribution in [1.29, 1.82) is 0 Å². The van der Waals surface area contributed by atoms with Crippen LogP contribution in [0, 0.1) is 12.7 Å². The van der Waals surface area contributed by atoms with E-state index in [9.17, 15) is 19.1 Å². The number of ether oxygens (including phenoxy) is 1. The Morgan fingerprint density at radius 2 is 1.93 bits per heavy atom. The van der Waals surface area contributed by atoms with E-state index in [1.54, 1.807) is 28.4 Å². The normalized spacial score (nSPS) is 11.5. The molecule has 1 N–H and O–H groups in total. The van der Waals surface area contributed by atoms with Crippen molar-refractivity contribution in [3.63, 3.8) is 0 Å². The van der Waals surface area contributed by atoms with Gasteiger partial charge in [-0.2, -0.15) is 0 Å². The predicted octanol–water partition coefficient (Wildman–Crippen LogP) is 4.54. The minimum atomic E-state index is -0.974. The number of hydrogen-bond acceptors (Lipinski definition) is 5. The average molecular weight is 427 g/mol. The molecule has 0 fully saturated rings. The van der Waals surface area contributed by atoms with Crippen LogP contribution in [0.1, 0.15) is 16.7 Å². The molecule has 3 rings (SSSR count). The Hall–Kier alpha value is -3.19. The summed E-state index contributed by atoms with van der Waals surface area (Å²) in [7, 11) is 1.13. The number of rotatable bonds is 7. The largest absolute Gasteiger partial charge is 0.502 e. The maximum absolute atomic E-state index is 13.2. The first kappa shape index (κ1) is 21.5. The van der Waals surface area contributed by atoms with Crippen LogP contribution in [-0.2, 0) is 27.3 Å². The van der Waals surface area contributed by atoms with Crippen LogP contribution in [0.5, 0.6) is 0 Å². The number of aryl methyl sites for hydroxylation is 1. The van der Waals surface area contributed by atoms with E-state index in [-0.39, 0.29) is 5.82 Å². The molecule has 0 atom stereocenters. The number of aliphatic hydroxyl groups is 1. The van der Waals surface area contributed by atoms with Gasteiger partial charge in [0, 0.05) is 17.8 Å². The number of thiophene rings is 1. The monoisotopic (exact) mass is 427 g/mol. The fourth-order valence-electron chi connectivity index (χ4n) is 3.08. The molecule has 0 spiro atoms. The Morgan fingerprint density at radius 1 is 1.20 bits per heavy atom. The zero-order valence-corrected chi connectivity index (χ0v) is 17.5. The first-order valence-corrected chi connectivity index (χ1v) is 10.2. The lowest BCUT2D eigenvalue weighted by molar-refractivity contribution is -0.139. The van der Waals surface area contributed by atoms with Crippen LogP contribution in [0.4, 0.5) is 4.39 Å². The Kier molecular flexibility index (Phi) is 6.84. The number of esters is 1. The number of carbonyl (C=O) groups is 2. The Labute approximate surface area is 178 Å². The topological polar surface area (TPSA) is 66.8 Å². The van der Waals surface area contributed by atoms with E-state index in [4.69, 9.17) is 0 Å². The fraction of sp³-hybridized carbons (Fsp3) is 0.217. The van der Waals surface area contributed by atoms with Crippen LogP contribution < -0.4 is 0 Å². The molecular formula is C23H22FNO4S. The number of benzene rings is 2. The molecule has 1 aromatic heterocycles. The van der Waals surface area contributed by atoms with E-state index in [1.807, 2.05) is 24.4 Å². The van der Waals surface area contributed by atoms with Crippen molar-refractivity contribution >= 4 is 33.3 Å². The zero-order valence-electron chi connectivity index (χ0n) is 16.7. The minimum Gasteiger partial charge on any atom is -0.502 e. The molecule has 0 saturated heterocycles. The summed E-state index contributed by atoms with van der Waals surface area (Å²) in [5.74, 6) is -2.55. The van der Waals surface area contributed by atoms with Gasteiger partial charge in [0.2, 0.25) is 5.76 Å². The summed E-state index contributed by atoms with van der Waals surface area (Å²) in [6.07, 6.45) is 1.37. The smallest absolute Gasteiger partial charge is 0.373 e. The number of methoxy groups -OCH3 is 1. The number of hydrogen-bond donors (Lipinski definition) is 1. The summed E-state index contributed by atoms with van der Waals surface area (Å²) < 4.78 is 18.7. The highest BCUT2D eigenvalue weighted by molar-refractivity contribution is 7.17. The van der Waals surface area contributed by atoms with Crippen molar-refractivity contribution in [3.8, 4) is 0 Å². The van der Waals surface area contributed by atoms with Gasteiger partial charge in [0.25, 0.3) is 5.91 Å². The lowest BCUT2D eigenvalue weighted by Crippen LogP contribution is -2.31. The van der Waals surface area contributed by atoms with Crippen LogP contribution in [0.15, 0.2) is 59.7 Å². The molecule has 1 amide bonds. The van der Waals surface area contributed by atoms with E-state index in [0.29, 0.717) is 19.5 Å². The van der Waals surface area contributed by atoms with Crippen molar-refractivity contribution in [2.75, 3.05) is 13.7 Å². The molecule has 30 heavy (non-hydrogen) atoms. The van der Waals surface area contributed by atoms with Gasteiger partial charge in [-0.15, -0.1) is 11.3 Å². The van der Waals surface area contributed by atoms with Crippen LogP contribution in [-0.4, -0.2) is 35.5 Å². The Balaban J connectivity index is 1.85. The number of amides is 1. The highest BCUT2D eigenvalue weighted by atomic mass is 32.1. The first-order valence-electron chi connectivity index (χ1n) is 9.36. The van der Waals surface area contributed by atoms with Crippen molar-refractivity contribution in [1.82, 2.24) is 4.90 Å². The van der Waals surface area contributed by atoms with Crippen LogP contribution in [0.3, 0.4) is 0 Å². The number of fused-ring (bicyclic) bond motifs is 1. The molecule has 1 heterocycles. The summed E-state index contributed by atoms with van der Waals surface area (Å²) in [6, 6.07) is 12.3. The third kappa shape index (κ3) is 5.24. The van der Waals surface area contributed by atoms with Gasteiger partial charge >= 0.3 is 5.97 Å². The third-order valence-electron chi connectivity index (χ3n) is 4.72. The molecule has 2 aromatic carbocycles. The maximum atomic E-state index is 13.2. The second kappa shape index (κ2) is 9.54. The van der Waals surface area contributed by atoms with Gasteiger partial charge in [0.15, 0.2) is 0 Å². The molecule has 0 aliphatic carbocycles. The molecule has 5 nitrogen and oxygen atoms in total. The van der Waals surface area contributed by atoms with Crippen LogP contribution in [0.2, 0.25) is 0 Å². The molecule has 0 aliphatic rings. The quantitative estimate of drug-likeness (QED) is 0.342. The Morgan fingerprint density at radius 3 is 2.63 bits per heavy atom. The van der Waals surface area contributed by atoms with Gasteiger partial charge in [-0.25, -0.2) is 9.18 Å². The number of nitrogens with zero attached hydrogens (tertiary/aromatic N) is 1. The van der Waals surface area contributed by atoms with Gasteiger partial charge in [0.1, 0.15) is 5.82 Å².